The molecule has 0 saturated carbocycles. The van der Waals surface area contributed by atoms with Gasteiger partial charge in [0.15, 0.2) is 0 Å². The summed E-state index contributed by atoms with van der Waals surface area (Å²) in [5, 5.41) is 14.1. The fourth-order valence-corrected chi connectivity index (χ4v) is 6.10. The maximum absolute atomic E-state index is 13.3. The Morgan fingerprint density at radius 2 is 1.95 bits per heavy atom. The van der Waals surface area contributed by atoms with Crippen LogP contribution in [-0.4, -0.2) is 58.1 Å². The highest BCUT2D eigenvalue weighted by molar-refractivity contribution is 8.00. The number of carbonyl (C=O) groups excluding carboxylic acids is 4. The predicted octanol–water partition coefficient (Wildman–Crippen LogP) is 3.92. The first-order valence-corrected chi connectivity index (χ1v) is 13.7. The number of nitrogens with zero attached hydrogens (tertiary/aromatic N) is 1. The highest BCUT2D eigenvalue weighted by Gasteiger charge is 2.31. The van der Waals surface area contributed by atoms with Crippen LogP contribution in [0.1, 0.15) is 48.0 Å². The minimum Gasteiger partial charge on any atom is -0.478 e. The minimum atomic E-state index is -1.23. The summed E-state index contributed by atoms with van der Waals surface area (Å²) in [5.41, 5.74) is 1.61. The predicted molar refractivity (Wildman–Crippen MR) is 145 cm³/mol. The monoisotopic (exact) mass is 559 g/mol. The lowest BCUT2D eigenvalue weighted by atomic mass is 10.0. The van der Waals surface area contributed by atoms with E-state index in [4.69, 9.17) is 9.84 Å². The van der Waals surface area contributed by atoms with Crippen molar-refractivity contribution in [1.82, 2.24) is 4.90 Å². The number of hydrogen-bond donors (Lipinski definition) is 3. The number of amides is 3. The molecule has 3 amide bonds. The van der Waals surface area contributed by atoms with Gasteiger partial charge in [0.1, 0.15) is 5.00 Å². The van der Waals surface area contributed by atoms with E-state index in [1.165, 1.54) is 30.0 Å². The molecule has 0 spiro atoms. The number of esters is 1. The molecule has 1 unspecified atom stereocenters. The molecule has 0 bridgehead atoms. The number of thiophene rings is 1. The van der Waals surface area contributed by atoms with E-state index in [1.807, 2.05) is 6.92 Å². The van der Waals surface area contributed by atoms with Crippen LogP contribution in [0.3, 0.4) is 0 Å². The molecule has 0 fully saturated rings. The van der Waals surface area contributed by atoms with Gasteiger partial charge in [0.05, 0.1) is 24.0 Å². The Morgan fingerprint density at radius 3 is 2.61 bits per heavy atom. The molecule has 3 rings (SSSR count). The Hall–Kier alpha value is -3.64. The van der Waals surface area contributed by atoms with Crippen LogP contribution in [0.4, 0.5) is 10.7 Å². The molecule has 202 valence electrons. The number of nitrogens with one attached hydrogen (secondary N) is 2. The normalized spacial score (nSPS) is 13.5. The molecule has 1 aliphatic rings. The first-order valence-electron chi connectivity index (χ1n) is 12.0. The molecule has 1 atom stereocenters. The zero-order valence-corrected chi connectivity index (χ0v) is 22.9. The molecule has 1 aromatic heterocycles. The van der Waals surface area contributed by atoms with Crippen LogP contribution < -0.4 is 10.6 Å². The van der Waals surface area contributed by atoms with Crippen molar-refractivity contribution in [3.8, 4) is 0 Å². The largest absolute Gasteiger partial charge is 0.478 e. The zero-order chi connectivity index (χ0) is 27.8. The van der Waals surface area contributed by atoms with Crippen LogP contribution in [0, 0.1) is 0 Å². The topological polar surface area (TPSA) is 142 Å². The highest BCUT2D eigenvalue weighted by atomic mass is 32.2. The van der Waals surface area contributed by atoms with E-state index >= 15 is 0 Å². The van der Waals surface area contributed by atoms with Crippen molar-refractivity contribution >= 4 is 63.4 Å². The second-order valence-electron chi connectivity index (χ2n) is 8.31. The number of carboxylic acid groups (broad SMARTS) is 1. The first kappa shape index (κ1) is 28.9. The van der Waals surface area contributed by atoms with Gasteiger partial charge in [-0.05, 0) is 43.5 Å². The molecule has 3 N–H and O–H groups in total. The summed E-state index contributed by atoms with van der Waals surface area (Å²) in [6, 6.07) is 6.87. The van der Waals surface area contributed by atoms with Crippen LogP contribution in [0.2, 0.25) is 0 Å². The van der Waals surface area contributed by atoms with Gasteiger partial charge in [0, 0.05) is 41.1 Å². The maximum atomic E-state index is 13.3. The van der Waals surface area contributed by atoms with Gasteiger partial charge >= 0.3 is 11.9 Å². The van der Waals surface area contributed by atoms with Crippen molar-refractivity contribution < 1.29 is 33.8 Å². The molecule has 38 heavy (non-hydrogen) atoms. The van der Waals surface area contributed by atoms with Gasteiger partial charge in [-0.3, -0.25) is 14.4 Å². The van der Waals surface area contributed by atoms with Gasteiger partial charge in [-0.1, -0.05) is 13.0 Å². The van der Waals surface area contributed by atoms with Gasteiger partial charge in [-0.2, -0.15) is 0 Å². The summed E-state index contributed by atoms with van der Waals surface area (Å²) in [6.45, 7) is 6.16. The Balaban J connectivity index is 1.77. The van der Waals surface area contributed by atoms with Crippen LogP contribution in [0.25, 0.3) is 0 Å². The fourth-order valence-electron chi connectivity index (χ4n) is 3.84. The molecule has 0 aliphatic carbocycles. The van der Waals surface area contributed by atoms with E-state index in [1.54, 1.807) is 36.1 Å². The smallest absolute Gasteiger partial charge is 0.341 e. The standard InChI is InChI=1S/C26H29N3O7S2/c1-4-19(37-17-8-6-7-16(13-17)27-21(31)9-10-22(32)33)24(34)28-25-23(26(35)36-5-2)18-11-12-29(15(3)30)14-20(18)38-25/h6-10,13,19H,4-5,11-12,14H2,1-3H3,(H,27,31)(H,28,34)(H,32,33)/b10-9+. The van der Waals surface area contributed by atoms with E-state index < -0.39 is 23.1 Å². The Morgan fingerprint density at radius 1 is 1.18 bits per heavy atom. The molecular weight excluding hydrogens is 530 g/mol. The van der Waals surface area contributed by atoms with Crippen molar-refractivity contribution in [3.05, 3.63) is 52.4 Å². The van der Waals surface area contributed by atoms with Gasteiger partial charge < -0.3 is 25.4 Å². The Labute approximate surface area is 228 Å². The molecule has 0 saturated heterocycles. The number of hydrogen-bond acceptors (Lipinski definition) is 8. The number of carbonyl (C=O) groups is 5. The van der Waals surface area contributed by atoms with Crippen molar-refractivity contribution in [2.75, 3.05) is 23.8 Å². The third-order valence-electron chi connectivity index (χ3n) is 5.64. The lowest BCUT2D eigenvalue weighted by Gasteiger charge is -2.25. The first-order chi connectivity index (χ1) is 18.1. The summed E-state index contributed by atoms with van der Waals surface area (Å²) in [4.78, 5) is 63.8. The van der Waals surface area contributed by atoms with Crippen molar-refractivity contribution in [2.24, 2.45) is 0 Å². The van der Waals surface area contributed by atoms with Gasteiger partial charge in [-0.25, -0.2) is 9.59 Å². The quantitative estimate of drug-likeness (QED) is 0.226. The maximum Gasteiger partial charge on any atom is 0.341 e. The van der Waals surface area contributed by atoms with E-state index in [-0.39, 0.29) is 18.4 Å². The number of benzene rings is 1. The molecular formula is C26H29N3O7S2. The van der Waals surface area contributed by atoms with Crippen molar-refractivity contribution in [3.63, 3.8) is 0 Å². The molecule has 2 aromatic rings. The van der Waals surface area contributed by atoms with E-state index in [9.17, 15) is 24.0 Å². The SMILES string of the molecule is CCOC(=O)c1c(NC(=O)C(CC)Sc2cccc(NC(=O)/C=C/C(=O)O)c2)sc2c1CCN(C(C)=O)C2. The third kappa shape index (κ3) is 7.45. The number of carboxylic acids is 1. The zero-order valence-electron chi connectivity index (χ0n) is 21.2. The average Bonchev–Trinajstić information content (AvgIpc) is 3.23. The summed E-state index contributed by atoms with van der Waals surface area (Å²) >= 11 is 2.58. The summed E-state index contributed by atoms with van der Waals surface area (Å²) in [6.07, 6.45) is 2.66. The Kier molecular flexibility index (Phi) is 10.1. The van der Waals surface area contributed by atoms with Crippen molar-refractivity contribution in [1.29, 1.82) is 0 Å². The summed E-state index contributed by atoms with van der Waals surface area (Å²) < 4.78 is 5.27. The molecule has 10 nitrogen and oxygen atoms in total. The van der Waals surface area contributed by atoms with Crippen LogP contribution in [0.15, 0.2) is 41.3 Å². The van der Waals surface area contributed by atoms with Crippen molar-refractivity contribution in [2.45, 2.75) is 50.3 Å². The lowest BCUT2D eigenvalue weighted by Crippen LogP contribution is -2.34. The van der Waals surface area contributed by atoms with Crippen LogP contribution >= 0.6 is 23.1 Å². The van der Waals surface area contributed by atoms with Crippen LogP contribution in [-0.2, 0) is 36.9 Å². The van der Waals surface area contributed by atoms with Gasteiger partial charge in [-0.15, -0.1) is 23.1 Å². The number of ether oxygens (including phenoxy) is 1. The minimum absolute atomic E-state index is 0.0499. The molecule has 1 aromatic carbocycles. The number of thioether (sulfide) groups is 1. The molecule has 2 heterocycles. The summed E-state index contributed by atoms with van der Waals surface area (Å²) in [5.74, 6) is -2.65. The number of anilines is 2. The highest BCUT2D eigenvalue weighted by Crippen LogP contribution is 2.38. The Bertz CT molecular complexity index is 1270. The molecule has 1 aliphatic heterocycles. The molecule has 0 radical (unpaired) electrons. The summed E-state index contributed by atoms with van der Waals surface area (Å²) in [7, 11) is 0. The second kappa shape index (κ2) is 13.2. The number of aliphatic carboxylic acids is 1. The second-order valence-corrected chi connectivity index (χ2v) is 10.7. The number of rotatable bonds is 10. The fraction of sp³-hybridized carbons (Fsp3) is 0.346. The molecule has 12 heteroatoms. The van der Waals surface area contributed by atoms with E-state index in [0.717, 1.165) is 27.5 Å². The van der Waals surface area contributed by atoms with Gasteiger partial charge in [0.25, 0.3) is 0 Å². The van der Waals surface area contributed by atoms with Gasteiger partial charge in [0.2, 0.25) is 17.7 Å². The van der Waals surface area contributed by atoms with Crippen LogP contribution in [0.5, 0.6) is 0 Å². The van der Waals surface area contributed by atoms with E-state index in [0.29, 0.717) is 42.2 Å². The number of fused-ring (bicyclic) bond motifs is 1. The third-order valence-corrected chi connectivity index (χ3v) is 8.13. The van der Waals surface area contributed by atoms with E-state index in [2.05, 4.69) is 10.6 Å². The lowest BCUT2D eigenvalue weighted by molar-refractivity contribution is -0.132. The average molecular weight is 560 g/mol.